The van der Waals surface area contributed by atoms with Gasteiger partial charge in [-0.25, -0.2) is 0 Å². The van der Waals surface area contributed by atoms with Gasteiger partial charge in [-0.05, 0) is 38.0 Å². The molecule has 0 aliphatic heterocycles. The van der Waals surface area contributed by atoms with Crippen LogP contribution in [0.25, 0.3) is 0 Å². The van der Waals surface area contributed by atoms with Crippen molar-refractivity contribution in [2.75, 3.05) is 0 Å². The maximum Gasteiger partial charge on any atom is 0.136 e. The van der Waals surface area contributed by atoms with E-state index in [0.29, 0.717) is 11.7 Å². The highest BCUT2D eigenvalue weighted by Gasteiger charge is 2.25. The van der Waals surface area contributed by atoms with Gasteiger partial charge in [0.1, 0.15) is 5.78 Å². The molecular weight excluding hydrogens is 196 g/mol. The molecule has 0 bridgehead atoms. The third kappa shape index (κ3) is 5.48. The van der Waals surface area contributed by atoms with Crippen molar-refractivity contribution in [2.45, 2.75) is 59.3 Å². The minimum atomic E-state index is 0.250. The Hall–Kier alpha value is -0.590. The van der Waals surface area contributed by atoms with Crippen molar-refractivity contribution in [3.05, 3.63) is 12.2 Å². The summed E-state index contributed by atoms with van der Waals surface area (Å²) in [6, 6.07) is 0. The summed E-state index contributed by atoms with van der Waals surface area (Å²) < 4.78 is 0. The van der Waals surface area contributed by atoms with E-state index in [1.54, 1.807) is 0 Å². The molecule has 0 N–H and O–H groups in total. The summed E-state index contributed by atoms with van der Waals surface area (Å²) in [6.45, 7) is 10.2. The molecule has 1 nitrogen and oxygen atoms in total. The van der Waals surface area contributed by atoms with E-state index < -0.39 is 0 Å². The van der Waals surface area contributed by atoms with Gasteiger partial charge in [0.15, 0.2) is 0 Å². The number of hydrogen-bond donors (Lipinski definition) is 0. The number of ketones is 1. The molecule has 0 aromatic heterocycles. The second-order valence-electron chi connectivity index (χ2n) is 5.94. The van der Waals surface area contributed by atoms with Gasteiger partial charge in [0.25, 0.3) is 0 Å². The quantitative estimate of drug-likeness (QED) is 0.557. The Morgan fingerprint density at radius 3 is 2.38 bits per heavy atom. The van der Waals surface area contributed by atoms with Crippen LogP contribution >= 0.6 is 0 Å². The summed E-state index contributed by atoms with van der Waals surface area (Å²) in [5.41, 5.74) is 1.15. The maximum atomic E-state index is 12.1. The third-order valence-corrected chi connectivity index (χ3v) is 3.28. The molecule has 1 fully saturated rings. The molecule has 0 amide bonds. The minimum absolute atomic E-state index is 0.250. The number of carbonyl (C=O) groups excluding carboxylic acids is 1. The van der Waals surface area contributed by atoms with Gasteiger partial charge in [0.05, 0.1) is 0 Å². The summed E-state index contributed by atoms with van der Waals surface area (Å²) in [7, 11) is 0. The first-order chi connectivity index (χ1) is 7.49. The van der Waals surface area contributed by atoms with Gasteiger partial charge in [-0.2, -0.15) is 0 Å². The van der Waals surface area contributed by atoms with Gasteiger partial charge >= 0.3 is 0 Å². The second kappa shape index (κ2) is 6.22. The Bertz CT molecular complexity index is 248. The standard InChI is InChI=1S/C15H26O/c1-11(2)9-14(8-7-13-5-6-13)15(16)10-12(3)4/h12-14H,1,5-10H2,2-4H3. The SMILES string of the molecule is C=C(C)CC(CCC1CC1)C(=O)CC(C)C. The van der Waals surface area contributed by atoms with Crippen LogP contribution < -0.4 is 0 Å². The Labute approximate surface area is 100 Å². The number of rotatable bonds is 8. The van der Waals surface area contributed by atoms with Crippen LogP contribution in [0.5, 0.6) is 0 Å². The predicted octanol–water partition coefficient (Wildman–Crippen LogP) is 4.37. The predicted molar refractivity (Wildman–Crippen MR) is 69.3 cm³/mol. The molecule has 92 valence electrons. The number of Topliss-reactive ketones (excluding diaryl/α,β-unsaturated/α-hetero) is 1. The first kappa shape index (κ1) is 13.5. The lowest BCUT2D eigenvalue weighted by Crippen LogP contribution is -2.17. The van der Waals surface area contributed by atoms with Gasteiger partial charge in [-0.15, -0.1) is 6.58 Å². The largest absolute Gasteiger partial charge is 0.299 e. The molecule has 1 unspecified atom stereocenters. The average Bonchev–Trinajstić information content (AvgIpc) is 2.93. The summed E-state index contributed by atoms with van der Waals surface area (Å²) >= 11 is 0. The Morgan fingerprint density at radius 2 is 1.94 bits per heavy atom. The molecule has 1 heteroatoms. The summed E-state index contributed by atoms with van der Waals surface area (Å²) in [5, 5.41) is 0. The van der Waals surface area contributed by atoms with Gasteiger partial charge < -0.3 is 0 Å². The van der Waals surface area contributed by atoms with Crippen LogP contribution in [0.2, 0.25) is 0 Å². The zero-order valence-corrected chi connectivity index (χ0v) is 11.1. The Morgan fingerprint density at radius 1 is 1.31 bits per heavy atom. The number of carbonyl (C=O) groups is 1. The fourth-order valence-electron chi connectivity index (χ4n) is 2.21. The second-order valence-corrected chi connectivity index (χ2v) is 5.94. The monoisotopic (exact) mass is 222 g/mol. The summed E-state index contributed by atoms with van der Waals surface area (Å²) in [4.78, 5) is 12.1. The highest BCUT2D eigenvalue weighted by atomic mass is 16.1. The number of allylic oxidation sites excluding steroid dienone is 1. The van der Waals surface area contributed by atoms with Crippen LogP contribution in [0.1, 0.15) is 59.3 Å². The van der Waals surface area contributed by atoms with Crippen molar-refractivity contribution in [1.82, 2.24) is 0 Å². The fourth-order valence-corrected chi connectivity index (χ4v) is 2.21. The van der Waals surface area contributed by atoms with E-state index in [2.05, 4.69) is 20.4 Å². The third-order valence-electron chi connectivity index (χ3n) is 3.28. The molecule has 16 heavy (non-hydrogen) atoms. The van der Waals surface area contributed by atoms with Crippen molar-refractivity contribution in [2.24, 2.45) is 17.8 Å². The van der Waals surface area contributed by atoms with E-state index >= 15 is 0 Å². The van der Waals surface area contributed by atoms with E-state index in [9.17, 15) is 4.79 Å². The molecule has 1 atom stereocenters. The first-order valence-electron chi connectivity index (χ1n) is 6.66. The van der Waals surface area contributed by atoms with Crippen LogP contribution in [-0.2, 0) is 4.79 Å². The van der Waals surface area contributed by atoms with Gasteiger partial charge in [0, 0.05) is 12.3 Å². The molecule has 0 radical (unpaired) electrons. The van der Waals surface area contributed by atoms with E-state index in [1.165, 1.54) is 19.3 Å². The highest BCUT2D eigenvalue weighted by molar-refractivity contribution is 5.81. The zero-order chi connectivity index (χ0) is 12.1. The van der Waals surface area contributed by atoms with Crippen molar-refractivity contribution in [3.8, 4) is 0 Å². The van der Waals surface area contributed by atoms with E-state index in [4.69, 9.17) is 0 Å². The maximum absolute atomic E-state index is 12.1. The van der Waals surface area contributed by atoms with Crippen molar-refractivity contribution < 1.29 is 4.79 Å². The van der Waals surface area contributed by atoms with Crippen molar-refractivity contribution in [3.63, 3.8) is 0 Å². The van der Waals surface area contributed by atoms with E-state index in [1.807, 2.05) is 6.92 Å². The fraction of sp³-hybridized carbons (Fsp3) is 0.800. The molecule has 1 saturated carbocycles. The molecule has 0 aromatic carbocycles. The lowest BCUT2D eigenvalue weighted by molar-refractivity contribution is -0.123. The molecule has 1 aliphatic rings. The van der Waals surface area contributed by atoms with Gasteiger partial charge in [0.2, 0.25) is 0 Å². The zero-order valence-electron chi connectivity index (χ0n) is 11.1. The average molecular weight is 222 g/mol. The number of hydrogen-bond acceptors (Lipinski definition) is 1. The van der Waals surface area contributed by atoms with E-state index in [0.717, 1.165) is 30.8 Å². The molecule has 0 aromatic rings. The van der Waals surface area contributed by atoms with Crippen molar-refractivity contribution in [1.29, 1.82) is 0 Å². The minimum Gasteiger partial charge on any atom is -0.299 e. The van der Waals surface area contributed by atoms with Crippen molar-refractivity contribution >= 4 is 5.78 Å². The lowest BCUT2D eigenvalue weighted by atomic mass is 9.87. The van der Waals surface area contributed by atoms with Crippen LogP contribution in [0.15, 0.2) is 12.2 Å². The first-order valence-corrected chi connectivity index (χ1v) is 6.66. The molecule has 1 aliphatic carbocycles. The molecule has 0 heterocycles. The summed E-state index contributed by atoms with van der Waals surface area (Å²) in [6.07, 6.45) is 6.75. The molecule has 0 saturated heterocycles. The van der Waals surface area contributed by atoms with Crippen LogP contribution in [-0.4, -0.2) is 5.78 Å². The molecule has 0 spiro atoms. The van der Waals surface area contributed by atoms with Gasteiger partial charge in [-0.1, -0.05) is 32.3 Å². The molecular formula is C15H26O. The molecule has 1 rings (SSSR count). The van der Waals surface area contributed by atoms with Crippen LogP contribution in [0, 0.1) is 17.8 Å². The van der Waals surface area contributed by atoms with Crippen LogP contribution in [0.4, 0.5) is 0 Å². The Balaban J connectivity index is 2.39. The smallest absolute Gasteiger partial charge is 0.136 e. The topological polar surface area (TPSA) is 17.1 Å². The van der Waals surface area contributed by atoms with E-state index in [-0.39, 0.29) is 5.92 Å². The Kier molecular flexibility index (Phi) is 5.24. The summed E-state index contributed by atoms with van der Waals surface area (Å²) in [5.74, 6) is 2.12. The normalized spacial score (nSPS) is 17.5. The van der Waals surface area contributed by atoms with Gasteiger partial charge in [-0.3, -0.25) is 4.79 Å². The lowest BCUT2D eigenvalue weighted by Gasteiger charge is -2.17. The van der Waals surface area contributed by atoms with Crippen LogP contribution in [0.3, 0.4) is 0 Å². The highest BCUT2D eigenvalue weighted by Crippen LogP contribution is 2.36.